The lowest BCUT2D eigenvalue weighted by Gasteiger charge is -2.29. The molecule has 1 N–H and O–H groups in total. The minimum atomic E-state index is -0.0699. The number of rotatable bonds is 5. The third-order valence-electron chi connectivity index (χ3n) is 3.67. The number of nitrogens with zero attached hydrogens (tertiary/aromatic N) is 1. The first kappa shape index (κ1) is 15.2. The molecule has 21 heavy (non-hydrogen) atoms. The van der Waals surface area contributed by atoms with E-state index in [0.29, 0.717) is 5.56 Å². The lowest BCUT2D eigenvalue weighted by Crippen LogP contribution is -2.37. The van der Waals surface area contributed by atoms with Gasteiger partial charge in [0, 0.05) is 18.4 Å². The normalized spacial score (nSPS) is 12.7. The van der Waals surface area contributed by atoms with E-state index in [1.165, 1.54) is 5.56 Å². The topological polar surface area (TPSA) is 42.0 Å². The molecule has 0 bridgehead atoms. The van der Waals surface area contributed by atoms with E-state index in [-0.39, 0.29) is 17.4 Å². The van der Waals surface area contributed by atoms with Crippen LogP contribution in [-0.4, -0.2) is 16.9 Å². The van der Waals surface area contributed by atoms with Crippen molar-refractivity contribution in [3.8, 4) is 0 Å². The van der Waals surface area contributed by atoms with Crippen LogP contribution in [0, 0.1) is 0 Å². The van der Waals surface area contributed by atoms with Crippen LogP contribution in [-0.2, 0) is 5.41 Å². The highest BCUT2D eigenvalue weighted by atomic mass is 16.1. The van der Waals surface area contributed by atoms with Gasteiger partial charge in [0.2, 0.25) is 0 Å². The first-order chi connectivity index (χ1) is 9.99. The minimum Gasteiger partial charge on any atom is -0.350 e. The highest BCUT2D eigenvalue weighted by Crippen LogP contribution is 2.28. The summed E-state index contributed by atoms with van der Waals surface area (Å²) in [6, 6.07) is 14.0. The lowest BCUT2D eigenvalue weighted by atomic mass is 9.79. The van der Waals surface area contributed by atoms with Gasteiger partial charge in [0.25, 0.3) is 5.91 Å². The fraction of sp³-hybridized carbons (Fsp3) is 0.333. The second kappa shape index (κ2) is 6.53. The molecule has 1 aromatic carbocycles. The molecule has 0 radical (unpaired) electrons. The molecule has 0 aliphatic carbocycles. The van der Waals surface area contributed by atoms with Gasteiger partial charge < -0.3 is 5.32 Å². The van der Waals surface area contributed by atoms with Crippen LogP contribution in [0.2, 0.25) is 0 Å². The van der Waals surface area contributed by atoms with Crippen molar-refractivity contribution >= 4 is 5.91 Å². The number of nitrogens with one attached hydrogen (secondary N) is 1. The largest absolute Gasteiger partial charge is 0.350 e. The molecule has 1 amide bonds. The summed E-state index contributed by atoms with van der Waals surface area (Å²) in [6.07, 6.45) is 4.13. The van der Waals surface area contributed by atoms with Crippen molar-refractivity contribution < 1.29 is 4.79 Å². The Morgan fingerprint density at radius 1 is 1.19 bits per heavy atom. The fourth-order valence-corrected chi connectivity index (χ4v) is 2.63. The van der Waals surface area contributed by atoms with Gasteiger partial charge in [0.15, 0.2) is 0 Å². The summed E-state index contributed by atoms with van der Waals surface area (Å²) >= 11 is 0. The van der Waals surface area contributed by atoms with Gasteiger partial charge in [0.05, 0.1) is 5.56 Å². The summed E-state index contributed by atoms with van der Waals surface area (Å²) in [5.41, 5.74) is 1.90. The van der Waals surface area contributed by atoms with Gasteiger partial charge in [-0.2, -0.15) is 0 Å². The van der Waals surface area contributed by atoms with E-state index < -0.39 is 0 Å². The minimum absolute atomic E-state index is 0.0168. The summed E-state index contributed by atoms with van der Waals surface area (Å²) in [5.74, 6) is -0.0699. The molecule has 0 saturated carbocycles. The predicted octanol–water partition coefficient (Wildman–Crippen LogP) is 3.57. The van der Waals surface area contributed by atoms with Gasteiger partial charge in [-0.1, -0.05) is 44.2 Å². The molecule has 1 atom stereocenters. The first-order valence-corrected chi connectivity index (χ1v) is 7.25. The second-order valence-electron chi connectivity index (χ2n) is 6.07. The number of carbonyl (C=O) groups excluding carboxylic acids is 1. The van der Waals surface area contributed by atoms with Crippen LogP contribution in [0.4, 0.5) is 0 Å². The SMILES string of the molecule is C[C@@H](CC(C)(C)c1ccccc1)NC(=O)c1cccnc1. The summed E-state index contributed by atoms with van der Waals surface area (Å²) in [6.45, 7) is 6.45. The Morgan fingerprint density at radius 2 is 1.90 bits per heavy atom. The van der Waals surface area contributed by atoms with Crippen molar-refractivity contribution in [3.63, 3.8) is 0 Å². The Morgan fingerprint density at radius 3 is 2.52 bits per heavy atom. The van der Waals surface area contributed by atoms with Gasteiger partial charge in [-0.15, -0.1) is 0 Å². The molecule has 0 aliphatic rings. The molecule has 0 unspecified atom stereocenters. The lowest BCUT2D eigenvalue weighted by molar-refractivity contribution is 0.0934. The van der Waals surface area contributed by atoms with Crippen LogP contribution in [0.15, 0.2) is 54.9 Å². The average Bonchev–Trinajstić information content (AvgIpc) is 2.48. The molecule has 0 aliphatic heterocycles. The molecule has 2 aromatic rings. The van der Waals surface area contributed by atoms with Crippen molar-refractivity contribution in [2.24, 2.45) is 0 Å². The third-order valence-corrected chi connectivity index (χ3v) is 3.67. The number of hydrogen-bond acceptors (Lipinski definition) is 2. The number of pyridine rings is 1. The van der Waals surface area contributed by atoms with Crippen LogP contribution >= 0.6 is 0 Å². The van der Waals surface area contributed by atoms with Gasteiger partial charge in [-0.3, -0.25) is 9.78 Å². The van der Waals surface area contributed by atoms with Crippen molar-refractivity contribution in [3.05, 3.63) is 66.0 Å². The Hall–Kier alpha value is -2.16. The number of carbonyl (C=O) groups is 1. The van der Waals surface area contributed by atoms with E-state index in [0.717, 1.165) is 6.42 Å². The predicted molar refractivity (Wildman–Crippen MR) is 85.3 cm³/mol. The zero-order valence-electron chi connectivity index (χ0n) is 12.8. The van der Waals surface area contributed by atoms with Gasteiger partial charge in [-0.05, 0) is 36.5 Å². The van der Waals surface area contributed by atoms with Crippen molar-refractivity contribution in [1.82, 2.24) is 10.3 Å². The highest BCUT2D eigenvalue weighted by Gasteiger charge is 2.24. The van der Waals surface area contributed by atoms with Gasteiger partial charge >= 0.3 is 0 Å². The van der Waals surface area contributed by atoms with Crippen LogP contribution < -0.4 is 5.32 Å². The standard InChI is InChI=1S/C18H22N2O/c1-14(20-17(21)15-8-7-11-19-13-15)12-18(2,3)16-9-5-4-6-10-16/h4-11,13-14H,12H2,1-3H3,(H,20,21)/t14-/m0/s1. The molecular weight excluding hydrogens is 260 g/mol. The van der Waals surface area contributed by atoms with Crippen molar-refractivity contribution in [2.45, 2.75) is 38.6 Å². The molecule has 3 nitrogen and oxygen atoms in total. The first-order valence-electron chi connectivity index (χ1n) is 7.25. The molecule has 1 aromatic heterocycles. The van der Waals surface area contributed by atoms with Crippen LogP contribution in [0.25, 0.3) is 0 Å². The molecule has 110 valence electrons. The van der Waals surface area contributed by atoms with E-state index in [1.54, 1.807) is 24.5 Å². The summed E-state index contributed by atoms with van der Waals surface area (Å²) < 4.78 is 0. The Balaban J connectivity index is 1.98. The average molecular weight is 282 g/mol. The number of amides is 1. The van der Waals surface area contributed by atoms with Crippen LogP contribution in [0.5, 0.6) is 0 Å². The Labute approximate surface area is 126 Å². The van der Waals surface area contributed by atoms with Gasteiger partial charge in [0.1, 0.15) is 0 Å². The summed E-state index contributed by atoms with van der Waals surface area (Å²) in [5, 5.41) is 3.04. The fourth-order valence-electron chi connectivity index (χ4n) is 2.63. The summed E-state index contributed by atoms with van der Waals surface area (Å²) in [4.78, 5) is 16.1. The van der Waals surface area contributed by atoms with E-state index in [2.05, 4.69) is 48.4 Å². The van der Waals surface area contributed by atoms with E-state index in [1.807, 2.05) is 13.0 Å². The number of benzene rings is 1. The molecular formula is C18H22N2O. The Bertz CT molecular complexity index is 579. The van der Waals surface area contributed by atoms with E-state index in [9.17, 15) is 4.79 Å². The quantitative estimate of drug-likeness (QED) is 0.911. The molecule has 0 fully saturated rings. The van der Waals surface area contributed by atoms with Crippen molar-refractivity contribution in [1.29, 1.82) is 0 Å². The molecule has 2 rings (SSSR count). The third kappa shape index (κ3) is 4.15. The second-order valence-corrected chi connectivity index (χ2v) is 6.07. The number of hydrogen-bond donors (Lipinski definition) is 1. The van der Waals surface area contributed by atoms with E-state index in [4.69, 9.17) is 0 Å². The maximum absolute atomic E-state index is 12.1. The zero-order valence-corrected chi connectivity index (χ0v) is 12.8. The van der Waals surface area contributed by atoms with E-state index >= 15 is 0 Å². The Kier molecular flexibility index (Phi) is 4.73. The maximum atomic E-state index is 12.1. The van der Waals surface area contributed by atoms with Gasteiger partial charge in [-0.25, -0.2) is 0 Å². The molecule has 1 heterocycles. The highest BCUT2D eigenvalue weighted by molar-refractivity contribution is 5.93. The zero-order chi connectivity index (χ0) is 15.3. The summed E-state index contributed by atoms with van der Waals surface area (Å²) in [7, 11) is 0. The molecule has 0 saturated heterocycles. The molecule has 0 spiro atoms. The monoisotopic (exact) mass is 282 g/mol. The number of aromatic nitrogens is 1. The maximum Gasteiger partial charge on any atom is 0.253 e. The van der Waals surface area contributed by atoms with Crippen LogP contribution in [0.1, 0.15) is 43.1 Å². The molecule has 3 heteroatoms. The van der Waals surface area contributed by atoms with Crippen LogP contribution in [0.3, 0.4) is 0 Å². The smallest absolute Gasteiger partial charge is 0.253 e. The van der Waals surface area contributed by atoms with Crippen molar-refractivity contribution in [2.75, 3.05) is 0 Å².